The molecule has 22 heavy (non-hydrogen) atoms. The predicted octanol–water partition coefficient (Wildman–Crippen LogP) is 1.21. The van der Waals surface area contributed by atoms with Gasteiger partial charge in [-0.3, -0.25) is 15.0 Å². The number of nitrogens with one attached hydrogen (secondary N) is 2. The highest BCUT2D eigenvalue weighted by Crippen LogP contribution is 2.19. The first kappa shape index (κ1) is 15.8. The predicted molar refractivity (Wildman–Crippen MR) is 78.7 cm³/mol. The molecule has 0 radical (unpaired) electrons. The third kappa shape index (κ3) is 3.03. The summed E-state index contributed by atoms with van der Waals surface area (Å²) in [7, 11) is 0. The Hall–Kier alpha value is -2.57. The lowest BCUT2D eigenvalue weighted by atomic mass is 10.00. The van der Waals surface area contributed by atoms with Crippen molar-refractivity contribution in [3.05, 3.63) is 30.3 Å². The minimum absolute atomic E-state index is 0.431. The molecule has 4 amide bonds. The quantitative estimate of drug-likeness (QED) is 0.800. The van der Waals surface area contributed by atoms with Crippen molar-refractivity contribution in [2.45, 2.75) is 38.8 Å². The summed E-state index contributed by atoms with van der Waals surface area (Å²) in [6.45, 7) is 4.94. The number of carbonyl (C=O) groups is 3. The molecule has 0 aliphatic carbocycles. The topological polar surface area (TPSA) is 87.7 Å². The number of hydrogen-bond donors (Lipinski definition) is 2. The summed E-state index contributed by atoms with van der Waals surface area (Å²) < 4.78 is 5.45. The molecule has 0 bridgehead atoms. The average Bonchev–Trinajstić information content (AvgIpc) is 2.72. The fourth-order valence-corrected chi connectivity index (χ4v) is 1.98. The van der Waals surface area contributed by atoms with E-state index in [9.17, 15) is 14.4 Å². The highest BCUT2D eigenvalue weighted by molar-refractivity contribution is 6.07. The van der Waals surface area contributed by atoms with Gasteiger partial charge in [0, 0.05) is 0 Å². The first-order valence-electron chi connectivity index (χ1n) is 7.06. The van der Waals surface area contributed by atoms with Crippen LogP contribution < -0.4 is 15.5 Å². The molecule has 1 saturated heterocycles. The number of para-hydroxylation sites is 1. The monoisotopic (exact) mass is 305 g/mol. The molecule has 1 heterocycles. The second-order valence-corrected chi connectivity index (χ2v) is 5.31. The molecular formula is C15H19N3O4. The summed E-state index contributed by atoms with van der Waals surface area (Å²) in [5.74, 6) is -0.534. The zero-order valence-electron chi connectivity index (χ0n) is 12.8. The number of hydrogen-bond acceptors (Lipinski definition) is 4. The van der Waals surface area contributed by atoms with Crippen molar-refractivity contribution in [2.75, 3.05) is 0 Å². The molecule has 1 fully saturated rings. The zero-order valence-corrected chi connectivity index (χ0v) is 12.8. The van der Waals surface area contributed by atoms with Crippen molar-refractivity contribution < 1.29 is 19.1 Å². The van der Waals surface area contributed by atoms with E-state index >= 15 is 0 Å². The van der Waals surface area contributed by atoms with E-state index in [0.29, 0.717) is 17.2 Å². The van der Waals surface area contributed by atoms with Crippen molar-refractivity contribution >= 4 is 17.8 Å². The van der Waals surface area contributed by atoms with Gasteiger partial charge >= 0.3 is 6.03 Å². The molecule has 7 nitrogen and oxygen atoms in total. The van der Waals surface area contributed by atoms with Crippen LogP contribution in [0.4, 0.5) is 4.79 Å². The number of urea groups is 1. The van der Waals surface area contributed by atoms with E-state index in [4.69, 9.17) is 4.74 Å². The fraction of sp³-hybridized carbons (Fsp3) is 0.400. The number of rotatable bonds is 5. The largest absolute Gasteiger partial charge is 0.481 e. The molecule has 2 unspecified atom stereocenters. The number of hydrazine groups is 1. The second kappa shape index (κ2) is 6.05. The third-order valence-corrected chi connectivity index (χ3v) is 3.62. The first-order valence-corrected chi connectivity index (χ1v) is 7.06. The molecular weight excluding hydrogens is 286 g/mol. The number of amides is 4. The Labute approximate surface area is 128 Å². The van der Waals surface area contributed by atoms with Gasteiger partial charge in [0.2, 0.25) is 0 Å². The van der Waals surface area contributed by atoms with Gasteiger partial charge in [-0.15, -0.1) is 0 Å². The molecule has 0 saturated carbocycles. The number of imide groups is 1. The van der Waals surface area contributed by atoms with Crippen LogP contribution in [0.2, 0.25) is 0 Å². The number of ether oxygens (including phenoxy) is 1. The smallest absolute Gasteiger partial charge is 0.344 e. The van der Waals surface area contributed by atoms with Crippen molar-refractivity contribution in [1.29, 1.82) is 0 Å². The summed E-state index contributed by atoms with van der Waals surface area (Å²) in [5, 5.41) is 3.26. The minimum atomic E-state index is -0.992. The van der Waals surface area contributed by atoms with Gasteiger partial charge in [-0.2, -0.15) is 5.01 Å². The van der Waals surface area contributed by atoms with Crippen molar-refractivity contribution in [1.82, 2.24) is 15.8 Å². The molecule has 118 valence electrons. The Bertz CT molecular complexity index is 590. The second-order valence-electron chi connectivity index (χ2n) is 5.31. The van der Waals surface area contributed by atoms with E-state index in [2.05, 4.69) is 10.7 Å². The van der Waals surface area contributed by atoms with E-state index in [1.54, 1.807) is 45.0 Å². The van der Waals surface area contributed by atoms with Gasteiger partial charge in [-0.05, 0) is 32.4 Å². The van der Waals surface area contributed by atoms with E-state index in [1.807, 2.05) is 6.07 Å². The molecule has 2 N–H and O–H groups in total. The average molecular weight is 305 g/mol. The molecule has 1 aliphatic rings. The summed E-state index contributed by atoms with van der Waals surface area (Å²) in [5.41, 5.74) is 1.30. The maximum Gasteiger partial charge on any atom is 0.344 e. The van der Waals surface area contributed by atoms with Crippen LogP contribution >= 0.6 is 0 Å². The lowest BCUT2D eigenvalue weighted by molar-refractivity contribution is -0.141. The summed E-state index contributed by atoms with van der Waals surface area (Å²) in [4.78, 5) is 36.1. The summed E-state index contributed by atoms with van der Waals surface area (Å²) in [6, 6.07) is 8.18. The van der Waals surface area contributed by atoms with Gasteiger partial charge in [-0.25, -0.2) is 4.79 Å². The van der Waals surface area contributed by atoms with E-state index < -0.39 is 29.5 Å². The van der Waals surface area contributed by atoms with Crippen LogP contribution in [-0.2, 0) is 9.59 Å². The SMILES string of the molecule is CCC1(C)NC(=O)N(NC(=O)C(C)Oc2ccccc2)C1=O. The Morgan fingerprint density at radius 1 is 1.36 bits per heavy atom. The Balaban J connectivity index is 2.00. The fourth-order valence-electron chi connectivity index (χ4n) is 1.98. The summed E-state index contributed by atoms with van der Waals surface area (Å²) >= 11 is 0. The lowest BCUT2D eigenvalue weighted by Crippen LogP contribution is -2.51. The van der Waals surface area contributed by atoms with Gasteiger partial charge < -0.3 is 10.1 Å². The van der Waals surface area contributed by atoms with Gasteiger partial charge in [0.25, 0.3) is 11.8 Å². The molecule has 0 spiro atoms. The molecule has 0 aromatic heterocycles. The van der Waals surface area contributed by atoms with Gasteiger partial charge in [-0.1, -0.05) is 25.1 Å². The van der Waals surface area contributed by atoms with Crippen LogP contribution in [0.3, 0.4) is 0 Å². The molecule has 2 rings (SSSR count). The van der Waals surface area contributed by atoms with Gasteiger partial charge in [0.1, 0.15) is 11.3 Å². The first-order chi connectivity index (χ1) is 10.4. The maximum absolute atomic E-state index is 12.2. The number of nitrogens with zero attached hydrogens (tertiary/aromatic N) is 1. The van der Waals surface area contributed by atoms with Crippen molar-refractivity contribution in [2.24, 2.45) is 0 Å². The number of carbonyl (C=O) groups excluding carboxylic acids is 3. The minimum Gasteiger partial charge on any atom is -0.481 e. The van der Waals surface area contributed by atoms with Crippen LogP contribution in [0.15, 0.2) is 30.3 Å². The number of benzene rings is 1. The van der Waals surface area contributed by atoms with E-state index in [1.165, 1.54) is 0 Å². The van der Waals surface area contributed by atoms with Crippen LogP contribution in [0.25, 0.3) is 0 Å². The molecule has 1 aliphatic heterocycles. The molecule has 1 aromatic rings. The normalized spacial score (nSPS) is 22.2. The molecule has 2 atom stereocenters. The Kier molecular flexibility index (Phi) is 4.35. The van der Waals surface area contributed by atoms with Crippen molar-refractivity contribution in [3.63, 3.8) is 0 Å². The van der Waals surface area contributed by atoms with Crippen molar-refractivity contribution in [3.8, 4) is 5.75 Å². The summed E-state index contributed by atoms with van der Waals surface area (Å²) in [6.07, 6.45) is -0.420. The van der Waals surface area contributed by atoms with Gasteiger partial charge in [0.15, 0.2) is 6.10 Å². The maximum atomic E-state index is 12.2. The molecule has 7 heteroatoms. The zero-order chi connectivity index (χ0) is 16.3. The Morgan fingerprint density at radius 3 is 2.55 bits per heavy atom. The van der Waals surface area contributed by atoms with E-state index in [-0.39, 0.29) is 0 Å². The molecule has 1 aromatic carbocycles. The third-order valence-electron chi connectivity index (χ3n) is 3.62. The van der Waals surface area contributed by atoms with Crippen LogP contribution in [-0.4, -0.2) is 34.5 Å². The Morgan fingerprint density at radius 2 is 2.00 bits per heavy atom. The van der Waals surface area contributed by atoms with Gasteiger partial charge in [0.05, 0.1) is 0 Å². The van der Waals surface area contributed by atoms with Crippen LogP contribution in [0.1, 0.15) is 27.2 Å². The van der Waals surface area contributed by atoms with E-state index in [0.717, 1.165) is 0 Å². The van der Waals surface area contributed by atoms with Crippen LogP contribution in [0, 0.1) is 0 Å². The van der Waals surface area contributed by atoms with Crippen LogP contribution in [0.5, 0.6) is 5.75 Å². The lowest BCUT2D eigenvalue weighted by Gasteiger charge is -2.21. The standard InChI is InChI=1S/C15H19N3O4/c1-4-15(3)13(20)18(14(21)16-15)17-12(19)10(2)22-11-8-6-5-7-9-11/h5-10H,4H2,1-3H3,(H,16,21)(H,17,19). The highest BCUT2D eigenvalue weighted by atomic mass is 16.5. The highest BCUT2D eigenvalue weighted by Gasteiger charge is 2.47.